The fourth-order valence-electron chi connectivity index (χ4n) is 1.95. The van der Waals surface area contributed by atoms with Crippen molar-refractivity contribution in [1.29, 1.82) is 0 Å². The molecule has 0 saturated heterocycles. The highest BCUT2D eigenvalue weighted by molar-refractivity contribution is 9.09. The van der Waals surface area contributed by atoms with E-state index in [0.717, 1.165) is 24.1 Å². The summed E-state index contributed by atoms with van der Waals surface area (Å²) in [5.41, 5.74) is 0. The second-order valence-corrected chi connectivity index (χ2v) is 6.06. The molecule has 0 aliphatic heterocycles. The molecule has 1 aromatic rings. The molecule has 0 bridgehead atoms. The molecule has 0 atom stereocenters. The molecule has 0 fully saturated rings. The number of alkyl halides is 1. The van der Waals surface area contributed by atoms with Crippen molar-refractivity contribution in [3.63, 3.8) is 0 Å². The smallest absolute Gasteiger partial charge is 0.157 e. The largest absolute Gasteiger partial charge is 0.490 e. The van der Waals surface area contributed by atoms with E-state index >= 15 is 0 Å². The Hall–Kier alpha value is -0.510. The van der Waals surface area contributed by atoms with Crippen LogP contribution in [0.15, 0.2) is 12.4 Å². The van der Waals surface area contributed by atoms with Crippen LogP contribution in [0.2, 0.25) is 0 Å². The Labute approximate surface area is 125 Å². The van der Waals surface area contributed by atoms with Gasteiger partial charge in [-0.3, -0.25) is 4.68 Å². The average molecular weight is 331 g/mol. The molecule has 0 saturated carbocycles. The van der Waals surface area contributed by atoms with Gasteiger partial charge in [-0.25, -0.2) is 0 Å². The lowest BCUT2D eigenvalue weighted by Crippen LogP contribution is -2.00. The Bertz CT molecular complexity index is 326. The molecule has 1 aromatic heterocycles. The summed E-state index contributed by atoms with van der Waals surface area (Å²) >= 11 is 3.46. The molecule has 0 spiro atoms. The van der Waals surface area contributed by atoms with Crippen LogP contribution in [0.4, 0.5) is 0 Å². The summed E-state index contributed by atoms with van der Waals surface area (Å²) in [4.78, 5) is 0. The van der Waals surface area contributed by atoms with Crippen LogP contribution in [-0.2, 0) is 0 Å². The number of ether oxygens (including phenoxy) is 1. The summed E-state index contributed by atoms with van der Waals surface area (Å²) in [6.07, 6.45) is 12.9. The number of hydrogen-bond acceptors (Lipinski definition) is 2. The van der Waals surface area contributed by atoms with E-state index in [9.17, 15) is 0 Å². The third kappa shape index (κ3) is 7.61. The van der Waals surface area contributed by atoms with Gasteiger partial charge in [0.2, 0.25) is 0 Å². The Morgan fingerprint density at radius 2 is 1.74 bits per heavy atom. The highest BCUT2D eigenvalue weighted by atomic mass is 79.9. The second-order valence-electron chi connectivity index (χ2n) is 5.26. The van der Waals surface area contributed by atoms with Crippen molar-refractivity contribution in [2.45, 2.75) is 64.8 Å². The van der Waals surface area contributed by atoms with E-state index in [-0.39, 0.29) is 0 Å². The molecule has 0 aromatic carbocycles. The zero-order valence-corrected chi connectivity index (χ0v) is 13.9. The fraction of sp³-hybridized carbons (Fsp3) is 0.800. The standard InChI is InChI=1S/C15H27BrN2O/c1-14(2)18-13-15(12-17-18)19-11-9-7-5-3-4-6-8-10-16/h12-14H,3-11H2,1-2H3. The number of nitrogens with zero attached hydrogens (tertiary/aromatic N) is 2. The first-order chi connectivity index (χ1) is 9.24. The second kappa shape index (κ2) is 10.3. The molecule has 19 heavy (non-hydrogen) atoms. The lowest BCUT2D eigenvalue weighted by molar-refractivity contribution is 0.303. The highest BCUT2D eigenvalue weighted by Crippen LogP contribution is 2.13. The van der Waals surface area contributed by atoms with Crippen molar-refractivity contribution in [3.05, 3.63) is 12.4 Å². The molecule has 1 heterocycles. The average Bonchev–Trinajstić information content (AvgIpc) is 2.86. The van der Waals surface area contributed by atoms with E-state index in [0.29, 0.717) is 6.04 Å². The SMILES string of the molecule is CC(C)n1cc(OCCCCCCCCCBr)cn1. The van der Waals surface area contributed by atoms with Crippen LogP contribution >= 0.6 is 15.9 Å². The molecule has 3 nitrogen and oxygen atoms in total. The molecule has 0 amide bonds. The number of halogens is 1. The van der Waals surface area contributed by atoms with Crippen LogP contribution in [0.5, 0.6) is 5.75 Å². The third-order valence-corrected chi connectivity index (χ3v) is 3.71. The molecule has 110 valence electrons. The monoisotopic (exact) mass is 330 g/mol. The van der Waals surface area contributed by atoms with E-state index in [4.69, 9.17) is 4.74 Å². The van der Waals surface area contributed by atoms with Crippen molar-refractivity contribution < 1.29 is 4.74 Å². The van der Waals surface area contributed by atoms with Crippen LogP contribution in [0.3, 0.4) is 0 Å². The molecule has 0 aliphatic rings. The first-order valence-electron chi connectivity index (χ1n) is 7.47. The lowest BCUT2D eigenvalue weighted by atomic mass is 10.1. The van der Waals surface area contributed by atoms with E-state index in [1.165, 1.54) is 38.5 Å². The number of aromatic nitrogens is 2. The zero-order chi connectivity index (χ0) is 13.9. The Morgan fingerprint density at radius 1 is 1.11 bits per heavy atom. The van der Waals surface area contributed by atoms with Gasteiger partial charge in [0.1, 0.15) is 0 Å². The summed E-state index contributed by atoms with van der Waals surface area (Å²) in [7, 11) is 0. The van der Waals surface area contributed by atoms with Gasteiger partial charge in [0.15, 0.2) is 5.75 Å². The first-order valence-corrected chi connectivity index (χ1v) is 8.59. The van der Waals surface area contributed by atoms with Crippen LogP contribution in [-0.4, -0.2) is 21.7 Å². The normalized spacial score (nSPS) is 11.2. The maximum absolute atomic E-state index is 5.69. The van der Waals surface area contributed by atoms with Crippen molar-refractivity contribution in [2.24, 2.45) is 0 Å². The van der Waals surface area contributed by atoms with Gasteiger partial charge in [-0.05, 0) is 26.7 Å². The van der Waals surface area contributed by atoms with Gasteiger partial charge in [0.05, 0.1) is 19.0 Å². The predicted molar refractivity (Wildman–Crippen MR) is 84.2 cm³/mol. The molecule has 4 heteroatoms. The van der Waals surface area contributed by atoms with Crippen molar-refractivity contribution in [1.82, 2.24) is 9.78 Å². The van der Waals surface area contributed by atoms with Crippen molar-refractivity contribution in [3.8, 4) is 5.75 Å². The Kier molecular flexibility index (Phi) is 8.97. The number of hydrogen-bond donors (Lipinski definition) is 0. The molecule has 0 radical (unpaired) electrons. The predicted octanol–water partition coefficient (Wildman–Crippen LogP) is 4.97. The Morgan fingerprint density at radius 3 is 2.32 bits per heavy atom. The zero-order valence-electron chi connectivity index (χ0n) is 12.3. The molecular formula is C15H27BrN2O. The maximum Gasteiger partial charge on any atom is 0.157 e. The number of rotatable bonds is 11. The van der Waals surface area contributed by atoms with E-state index in [2.05, 4.69) is 34.9 Å². The molecule has 1 rings (SSSR count). The quantitative estimate of drug-likeness (QED) is 0.423. The van der Waals surface area contributed by atoms with Gasteiger partial charge in [-0.15, -0.1) is 0 Å². The maximum atomic E-state index is 5.69. The van der Waals surface area contributed by atoms with E-state index < -0.39 is 0 Å². The fourth-order valence-corrected chi connectivity index (χ4v) is 2.34. The van der Waals surface area contributed by atoms with E-state index in [1.54, 1.807) is 6.20 Å². The van der Waals surface area contributed by atoms with Gasteiger partial charge in [-0.1, -0.05) is 48.0 Å². The summed E-state index contributed by atoms with van der Waals surface area (Å²) in [6, 6.07) is 0.400. The van der Waals surface area contributed by atoms with Crippen LogP contribution < -0.4 is 4.74 Å². The summed E-state index contributed by atoms with van der Waals surface area (Å²) < 4.78 is 7.62. The lowest BCUT2D eigenvalue weighted by Gasteiger charge is -2.05. The van der Waals surface area contributed by atoms with Crippen LogP contribution in [0.1, 0.15) is 64.8 Å². The molecule has 0 aliphatic carbocycles. The minimum atomic E-state index is 0.400. The minimum Gasteiger partial charge on any atom is -0.490 e. The van der Waals surface area contributed by atoms with Crippen LogP contribution in [0, 0.1) is 0 Å². The van der Waals surface area contributed by atoms with Crippen molar-refractivity contribution in [2.75, 3.05) is 11.9 Å². The first kappa shape index (κ1) is 16.5. The van der Waals surface area contributed by atoms with Crippen LogP contribution in [0.25, 0.3) is 0 Å². The molecule has 0 unspecified atom stereocenters. The van der Waals surface area contributed by atoms with Gasteiger partial charge >= 0.3 is 0 Å². The third-order valence-electron chi connectivity index (χ3n) is 3.15. The van der Waals surface area contributed by atoms with Gasteiger partial charge in [-0.2, -0.15) is 5.10 Å². The summed E-state index contributed by atoms with van der Waals surface area (Å²) in [5, 5.41) is 5.40. The van der Waals surface area contributed by atoms with E-state index in [1.807, 2.05) is 10.9 Å². The number of unbranched alkanes of at least 4 members (excludes halogenated alkanes) is 6. The summed E-state index contributed by atoms with van der Waals surface area (Å²) in [5.74, 6) is 0.894. The van der Waals surface area contributed by atoms with Gasteiger partial charge < -0.3 is 4.74 Å². The molecular weight excluding hydrogens is 304 g/mol. The molecule has 0 N–H and O–H groups in total. The van der Waals surface area contributed by atoms with Gasteiger partial charge in [0, 0.05) is 11.4 Å². The minimum absolute atomic E-state index is 0.400. The Balaban J connectivity index is 1.95. The highest BCUT2D eigenvalue weighted by Gasteiger charge is 2.01. The van der Waals surface area contributed by atoms with Crippen molar-refractivity contribution >= 4 is 15.9 Å². The topological polar surface area (TPSA) is 27.1 Å². The summed E-state index contributed by atoms with van der Waals surface area (Å²) in [6.45, 7) is 5.05. The van der Waals surface area contributed by atoms with Gasteiger partial charge in [0.25, 0.3) is 0 Å².